The third-order valence-electron chi connectivity index (χ3n) is 4.91. The molecule has 0 bridgehead atoms. The molecule has 1 saturated heterocycles. The van der Waals surface area contributed by atoms with Crippen LogP contribution in [0.1, 0.15) is 32.6 Å². The second-order valence-electron chi connectivity index (χ2n) is 6.69. The Morgan fingerprint density at radius 1 is 1.10 bits per heavy atom. The molecule has 1 aliphatic carbocycles. The fraction of sp³-hybridized carbons (Fsp3) is 0.688. The summed E-state index contributed by atoms with van der Waals surface area (Å²) in [5.41, 5.74) is 0. The summed E-state index contributed by atoms with van der Waals surface area (Å²) in [6.07, 6.45) is 6.30. The van der Waals surface area contributed by atoms with E-state index in [0.717, 1.165) is 38.8 Å². The average molecular weight is 290 g/mol. The molecule has 0 unspecified atom stereocenters. The Hall–Kier alpha value is -1.65. The van der Waals surface area contributed by atoms with E-state index >= 15 is 0 Å². The molecule has 1 saturated carbocycles. The van der Waals surface area contributed by atoms with Gasteiger partial charge in [0.05, 0.1) is 0 Å². The maximum Gasteiger partial charge on any atom is 0.253 e. The van der Waals surface area contributed by atoms with Crippen LogP contribution in [0.3, 0.4) is 0 Å². The normalized spacial score (nSPS) is 30.0. The van der Waals surface area contributed by atoms with Crippen molar-refractivity contribution in [3.63, 3.8) is 0 Å². The lowest BCUT2D eigenvalue weighted by atomic mass is 9.80. The fourth-order valence-electron chi connectivity index (χ4n) is 3.60. The standard InChI is InChI=1S/C16H22N2O3/c1-11-8-17(9-11)16(21)13-4-2-12(3-5-13)10-18-14(19)6-7-15(18)20/h6-7,11-13H,2-5,8-10H2,1H3. The monoisotopic (exact) mass is 290 g/mol. The van der Waals surface area contributed by atoms with Crippen molar-refractivity contribution in [3.8, 4) is 0 Å². The Bertz CT molecular complexity index is 468. The van der Waals surface area contributed by atoms with Gasteiger partial charge in [-0.2, -0.15) is 0 Å². The van der Waals surface area contributed by atoms with Gasteiger partial charge in [-0.3, -0.25) is 19.3 Å². The van der Waals surface area contributed by atoms with E-state index in [1.807, 2.05) is 4.90 Å². The molecule has 2 heterocycles. The van der Waals surface area contributed by atoms with Crippen LogP contribution in [0.15, 0.2) is 12.2 Å². The number of hydrogen-bond donors (Lipinski definition) is 0. The molecule has 0 radical (unpaired) electrons. The van der Waals surface area contributed by atoms with E-state index in [2.05, 4.69) is 6.92 Å². The van der Waals surface area contributed by atoms with Gasteiger partial charge in [-0.1, -0.05) is 6.92 Å². The first-order chi connectivity index (χ1) is 10.0. The lowest BCUT2D eigenvalue weighted by molar-refractivity contribution is -0.144. The largest absolute Gasteiger partial charge is 0.342 e. The lowest BCUT2D eigenvalue weighted by Crippen LogP contribution is -2.51. The molecule has 5 heteroatoms. The van der Waals surface area contributed by atoms with Gasteiger partial charge in [0.25, 0.3) is 11.8 Å². The first-order valence-electron chi connectivity index (χ1n) is 7.87. The van der Waals surface area contributed by atoms with Crippen LogP contribution in [-0.2, 0) is 14.4 Å². The van der Waals surface area contributed by atoms with Gasteiger partial charge in [-0.15, -0.1) is 0 Å². The Balaban J connectivity index is 1.46. The van der Waals surface area contributed by atoms with Crippen molar-refractivity contribution in [1.82, 2.24) is 9.80 Å². The zero-order chi connectivity index (χ0) is 15.0. The minimum absolute atomic E-state index is 0.150. The van der Waals surface area contributed by atoms with E-state index in [9.17, 15) is 14.4 Å². The SMILES string of the molecule is CC1CN(C(=O)C2CCC(CN3C(=O)C=CC3=O)CC2)C1. The molecule has 0 aromatic rings. The molecule has 0 aromatic heterocycles. The number of carbonyl (C=O) groups is 3. The van der Waals surface area contributed by atoms with E-state index in [1.165, 1.54) is 17.1 Å². The predicted molar refractivity (Wildman–Crippen MR) is 77.1 cm³/mol. The van der Waals surface area contributed by atoms with Crippen LogP contribution in [0, 0.1) is 17.8 Å². The van der Waals surface area contributed by atoms with Crippen molar-refractivity contribution in [2.45, 2.75) is 32.6 Å². The topological polar surface area (TPSA) is 57.7 Å². The smallest absolute Gasteiger partial charge is 0.253 e. The number of hydrogen-bond acceptors (Lipinski definition) is 3. The van der Waals surface area contributed by atoms with Crippen molar-refractivity contribution in [1.29, 1.82) is 0 Å². The molecule has 0 atom stereocenters. The molecule has 114 valence electrons. The zero-order valence-electron chi connectivity index (χ0n) is 12.5. The molecule has 2 aliphatic heterocycles. The first kappa shape index (κ1) is 14.3. The van der Waals surface area contributed by atoms with Gasteiger partial charge in [0.1, 0.15) is 0 Å². The van der Waals surface area contributed by atoms with E-state index in [1.54, 1.807) is 0 Å². The predicted octanol–water partition coefficient (Wildman–Crippen LogP) is 1.20. The molecule has 0 N–H and O–H groups in total. The Labute approximate surface area is 125 Å². The van der Waals surface area contributed by atoms with Crippen LogP contribution in [0.5, 0.6) is 0 Å². The summed E-state index contributed by atoms with van der Waals surface area (Å²) < 4.78 is 0. The van der Waals surface area contributed by atoms with Crippen molar-refractivity contribution in [2.24, 2.45) is 17.8 Å². The van der Waals surface area contributed by atoms with Crippen LogP contribution < -0.4 is 0 Å². The molecule has 0 aromatic carbocycles. The summed E-state index contributed by atoms with van der Waals surface area (Å²) in [5, 5.41) is 0. The molecular formula is C16H22N2O3. The van der Waals surface area contributed by atoms with E-state index in [4.69, 9.17) is 0 Å². The molecule has 21 heavy (non-hydrogen) atoms. The second kappa shape index (κ2) is 5.62. The number of imide groups is 1. The Morgan fingerprint density at radius 2 is 1.67 bits per heavy atom. The minimum Gasteiger partial charge on any atom is -0.342 e. The summed E-state index contributed by atoms with van der Waals surface area (Å²) in [7, 11) is 0. The van der Waals surface area contributed by atoms with Gasteiger partial charge >= 0.3 is 0 Å². The van der Waals surface area contributed by atoms with Crippen LogP contribution in [-0.4, -0.2) is 47.2 Å². The Kier molecular flexibility index (Phi) is 3.83. The van der Waals surface area contributed by atoms with Gasteiger partial charge in [0.15, 0.2) is 0 Å². The molecule has 0 spiro atoms. The number of rotatable bonds is 3. The van der Waals surface area contributed by atoms with Crippen LogP contribution in [0.25, 0.3) is 0 Å². The van der Waals surface area contributed by atoms with Gasteiger partial charge < -0.3 is 4.90 Å². The van der Waals surface area contributed by atoms with Gasteiger partial charge in [0.2, 0.25) is 5.91 Å². The highest BCUT2D eigenvalue weighted by Gasteiger charge is 2.35. The summed E-state index contributed by atoms with van der Waals surface area (Å²) >= 11 is 0. The van der Waals surface area contributed by atoms with Crippen LogP contribution >= 0.6 is 0 Å². The third-order valence-corrected chi connectivity index (χ3v) is 4.91. The van der Waals surface area contributed by atoms with Crippen molar-refractivity contribution in [2.75, 3.05) is 19.6 Å². The summed E-state index contributed by atoms with van der Waals surface area (Å²) in [5.74, 6) is 1.04. The molecular weight excluding hydrogens is 268 g/mol. The number of amides is 3. The van der Waals surface area contributed by atoms with E-state index < -0.39 is 0 Å². The van der Waals surface area contributed by atoms with Crippen molar-refractivity contribution < 1.29 is 14.4 Å². The third kappa shape index (κ3) is 2.87. The van der Waals surface area contributed by atoms with Gasteiger partial charge in [-0.05, 0) is 37.5 Å². The van der Waals surface area contributed by atoms with Crippen molar-refractivity contribution in [3.05, 3.63) is 12.2 Å². The van der Waals surface area contributed by atoms with Crippen molar-refractivity contribution >= 4 is 17.7 Å². The Morgan fingerprint density at radius 3 is 2.19 bits per heavy atom. The molecule has 3 amide bonds. The maximum absolute atomic E-state index is 12.3. The zero-order valence-corrected chi connectivity index (χ0v) is 12.5. The van der Waals surface area contributed by atoms with Gasteiger partial charge in [-0.25, -0.2) is 0 Å². The fourth-order valence-corrected chi connectivity index (χ4v) is 3.60. The highest BCUT2D eigenvalue weighted by Crippen LogP contribution is 2.32. The number of nitrogens with zero attached hydrogens (tertiary/aromatic N) is 2. The number of likely N-dealkylation sites (tertiary alicyclic amines) is 1. The summed E-state index contributed by atoms with van der Waals surface area (Å²) in [6, 6.07) is 0. The number of carbonyl (C=O) groups excluding carboxylic acids is 3. The quantitative estimate of drug-likeness (QED) is 0.734. The highest BCUT2D eigenvalue weighted by molar-refractivity contribution is 6.12. The summed E-state index contributed by atoms with van der Waals surface area (Å²) in [6.45, 7) is 4.48. The molecule has 3 rings (SSSR count). The highest BCUT2D eigenvalue weighted by atomic mass is 16.2. The van der Waals surface area contributed by atoms with Gasteiger partial charge in [0, 0.05) is 37.7 Å². The second-order valence-corrected chi connectivity index (χ2v) is 6.69. The minimum atomic E-state index is -0.201. The molecule has 2 fully saturated rings. The van der Waals surface area contributed by atoms with Crippen LogP contribution in [0.4, 0.5) is 0 Å². The lowest BCUT2D eigenvalue weighted by Gasteiger charge is -2.41. The molecule has 3 aliphatic rings. The first-order valence-corrected chi connectivity index (χ1v) is 7.87. The van der Waals surface area contributed by atoms with E-state index in [-0.39, 0.29) is 17.7 Å². The molecule has 5 nitrogen and oxygen atoms in total. The average Bonchev–Trinajstić information content (AvgIpc) is 2.76. The van der Waals surface area contributed by atoms with Crippen LogP contribution in [0.2, 0.25) is 0 Å². The summed E-state index contributed by atoms with van der Waals surface area (Å²) in [4.78, 5) is 38.7. The maximum atomic E-state index is 12.3. The van der Waals surface area contributed by atoms with E-state index in [0.29, 0.717) is 24.3 Å².